The van der Waals surface area contributed by atoms with Crippen molar-refractivity contribution >= 4 is 49.9 Å². The Morgan fingerprint density at radius 1 is 1.23 bits per heavy atom. The minimum Gasteiger partial charge on any atom is -0.467 e. The fourth-order valence-electron chi connectivity index (χ4n) is 3.59. The van der Waals surface area contributed by atoms with Crippen LogP contribution in [0.3, 0.4) is 0 Å². The summed E-state index contributed by atoms with van der Waals surface area (Å²) in [4.78, 5) is 20.2. The van der Waals surface area contributed by atoms with Gasteiger partial charge in [0.25, 0.3) is 15.9 Å². The molecule has 2 aliphatic rings. The van der Waals surface area contributed by atoms with Gasteiger partial charge < -0.3 is 14.2 Å². The van der Waals surface area contributed by atoms with Gasteiger partial charge in [0.15, 0.2) is 5.17 Å². The van der Waals surface area contributed by atoms with Crippen molar-refractivity contribution in [2.75, 3.05) is 17.2 Å². The maximum absolute atomic E-state index is 13.4. The summed E-state index contributed by atoms with van der Waals surface area (Å²) >= 11 is 2.95. The highest BCUT2D eigenvalue weighted by Crippen LogP contribution is 2.42. The number of amides is 1. The summed E-state index contributed by atoms with van der Waals surface area (Å²) in [7, 11) is -3.42. The second-order valence-corrected chi connectivity index (χ2v) is 11.5. The van der Waals surface area contributed by atoms with Crippen molar-refractivity contribution in [1.82, 2.24) is 4.90 Å². The van der Waals surface area contributed by atoms with Gasteiger partial charge in [0.1, 0.15) is 5.76 Å². The first kappa shape index (κ1) is 20.3. The summed E-state index contributed by atoms with van der Waals surface area (Å²) < 4.78 is 33.0. The van der Waals surface area contributed by atoms with E-state index in [1.807, 2.05) is 48.2 Å². The molecule has 0 saturated carbocycles. The lowest BCUT2D eigenvalue weighted by atomic mass is 10.1. The third-order valence-corrected chi connectivity index (χ3v) is 8.37. The first-order valence-corrected chi connectivity index (χ1v) is 12.9. The van der Waals surface area contributed by atoms with Crippen molar-refractivity contribution in [3.8, 4) is 0 Å². The fraction of sp³-hybridized carbons (Fsp3) is 0.238. The number of amidine groups is 1. The molecule has 0 bridgehead atoms. The van der Waals surface area contributed by atoms with Gasteiger partial charge in [0.05, 0.1) is 30.8 Å². The monoisotopic (exact) mass is 473 g/mol. The molecule has 3 aromatic rings. The van der Waals surface area contributed by atoms with Crippen LogP contribution in [0.4, 0.5) is 5.69 Å². The molecule has 0 unspecified atom stereocenters. The van der Waals surface area contributed by atoms with Gasteiger partial charge in [-0.25, -0.2) is 8.42 Å². The quantitative estimate of drug-likeness (QED) is 0.555. The number of carbonyl (C=O) groups is 1. The zero-order valence-electron chi connectivity index (χ0n) is 16.6. The SMILES string of the molecule is Cc1ccc(CN(Cc2ccco2)C(=O)c2ccc3c(c2)SC2=NS(=O)(=O)CCN23)s1. The van der Waals surface area contributed by atoms with E-state index in [1.54, 1.807) is 28.6 Å². The zero-order chi connectivity index (χ0) is 21.6. The van der Waals surface area contributed by atoms with Gasteiger partial charge >= 0.3 is 0 Å². The maximum atomic E-state index is 13.4. The molecule has 7 nitrogen and oxygen atoms in total. The number of aryl methyl sites for hydroxylation is 1. The lowest BCUT2D eigenvalue weighted by molar-refractivity contribution is 0.0719. The van der Waals surface area contributed by atoms with Crippen molar-refractivity contribution < 1.29 is 17.6 Å². The molecule has 0 fully saturated rings. The van der Waals surface area contributed by atoms with Crippen LogP contribution in [0.25, 0.3) is 0 Å². The van der Waals surface area contributed by atoms with Crippen molar-refractivity contribution in [2.24, 2.45) is 4.40 Å². The Labute approximate surface area is 188 Å². The molecule has 0 aliphatic carbocycles. The van der Waals surface area contributed by atoms with Crippen LogP contribution >= 0.6 is 23.1 Å². The van der Waals surface area contributed by atoms with Crippen LogP contribution < -0.4 is 4.90 Å². The number of thiophene rings is 1. The zero-order valence-corrected chi connectivity index (χ0v) is 19.1. The van der Waals surface area contributed by atoms with Crippen LogP contribution in [0.1, 0.15) is 25.9 Å². The van der Waals surface area contributed by atoms with E-state index in [2.05, 4.69) is 4.40 Å². The number of thioether (sulfide) groups is 1. The summed E-state index contributed by atoms with van der Waals surface area (Å²) in [6.07, 6.45) is 1.60. The Hall–Kier alpha value is -2.56. The molecule has 1 aromatic carbocycles. The molecule has 0 spiro atoms. The van der Waals surface area contributed by atoms with E-state index >= 15 is 0 Å². The number of furan rings is 1. The van der Waals surface area contributed by atoms with Crippen LogP contribution in [-0.4, -0.2) is 36.7 Å². The third-order valence-electron chi connectivity index (χ3n) is 5.08. The Balaban J connectivity index is 1.43. The van der Waals surface area contributed by atoms with E-state index in [4.69, 9.17) is 4.42 Å². The Kier molecular flexibility index (Phi) is 5.15. The van der Waals surface area contributed by atoms with Crippen molar-refractivity contribution in [2.45, 2.75) is 24.9 Å². The molecule has 160 valence electrons. The highest BCUT2D eigenvalue weighted by Gasteiger charge is 2.33. The van der Waals surface area contributed by atoms with Gasteiger partial charge in [-0.3, -0.25) is 4.79 Å². The third kappa shape index (κ3) is 4.15. The summed E-state index contributed by atoms with van der Waals surface area (Å²) in [6.45, 7) is 3.27. The van der Waals surface area contributed by atoms with Gasteiger partial charge in [-0.1, -0.05) is 0 Å². The summed E-state index contributed by atoms with van der Waals surface area (Å²) in [5, 5.41) is 0.451. The second-order valence-electron chi connectivity index (χ2n) is 7.35. The number of hydrogen-bond donors (Lipinski definition) is 0. The topological polar surface area (TPSA) is 83.2 Å². The number of hydrogen-bond acceptors (Lipinski definition) is 7. The molecular formula is C21H19N3O4S3. The van der Waals surface area contributed by atoms with Crippen LogP contribution in [0.15, 0.2) is 62.4 Å². The van der Waals surface area contributed by atoms with Crippen LogP contribution in [0, 0.1) is 6.92 Å². The molecule has 2 aliphatic heterocycles. The summed E-state index contributed by atoms with van der Waals surface area (Å²) in [6, 6.07) is 13.2. The molecular weight excluding hydrogens is 454 g/mol. The molecule has 0 saturated heterocycles. The smallest absolute Gasteiger partial charge is 0.257 e. The largest absolute Gasteiger partial charge is 0.467 e. The molecule has 1 amide bonds. The summed E-state index contributed by atoms with van der Waals surface area (Å²) in [5.74, 6) is 0.605. The standard InChI is InChI=1S/C21H19N3O4S3/c1-14-4-6-17(29-14)13-23(12-16-3-2-9-28-16)20(25)15-5-7-18-19(11-15)30-21-22-31(26,27)10-8-24(18)21/h2-7,9,11H,8,10,12-13H2,1H3. The molecule has 0 radical (unpaired) electrons. The van der Waals surface area contributed by atoms with E-state index in [0.717, 1.165) is 15.5 Å². The molecule has 31 heavy (non-hydrogen) atoms. The average Bonchev–Trinajstić information content (AvgIpc) is 3.45. The first-order valence-electron chi connectivity index (χ1n) is 9.67. The maximum Gasteiger partial charge on any atom is 0.257 e. The average molecular weight is 474 g/mol. The normalized spacial score (nSPS) is 16.5. The Morgan fingerprint density at radius 2 is 2.10 bits per heavy atom. The van der Waals surface area contributed by atoms with Gasteiger partial charge in [-0.05, 0) is 61.2 Å². The van der Waals surface area contributed by atoms with Crippen molar-refractivity contribution in [3.05, 3.63) is 69.8 Å². The minimum absolute atomic E-state index is 0.00562. The summed E-state index contributed by atoms with van der Waals surface area (Å²) in [5.41, 5.74) is 1.44. The van der Waals surface area contributed by atoms with Gasteiger partial charge in [-0.15, -0.1) is 15.7 Å². The van der Waals surface area contributed by atoms with Crippen LogP contribution in [-0.2, 0) is 23.1 Å². The van der Waals surface area contributed by atoms with Gasteiger partial charge in [-0.2, -0.15) is 0 Å². The van der Waals surface area contributed by atoms with Crippen LogP contribution in [0.2, 0.25) is 0 Å². The second kappa shape index (κ2) is 7.85. The molecule has 0 N–H and O–H groups in total. The highest BCUT2D eigenvalue weighted by molar-refractivity contribution is 8.15. The van der Waals surface area contributed by atoms with Crippen molar-refractivity contribution in [3.63, 3.8) is 0 Å². The number of rotatable bonds is 5. The predicted molar refractivity (Wildman–Crippen MR) is 122 cm³/mol. The number of fused-ring (bicyclic) bond motifs is 3. The van der Waals surface area contributed by atoms with Crippen LogP contribution in [0.5, 0.6) is 0 Å². The van der Waals surface area contributed by atoms with E-state index in [1.165, 1.54) is 16.6 Å². The number of anilines is 1. The molecule has 5 rings (SSSR count). The van der Waals surface area contributed by atoms with E-state index in [-0.39, 0.29) is 11.7 Å². The van der Waals surface area contributed by atoms with E-state index < -0.39 is 10.0 Å². The number of nitrogens with zero attached hydrogens (tertiary/aromatic N) is 3. The number of benzene rings is 1. The fourth-order valence-corrected chi connectivity index (χ4v) is 6.80. The van der Waals surface area contributed by atoms with Crippen molar-refractivity contribution in [1.29, 1.82) is 0 Å². The lowest BCUT2D eigenvalue weighted by Gasteiger charge is -2.23. The Morgan fingerprint density at radius 3 is 2.84 bits per heavy atom. The molecule has 2 aromatic heterocycles. The predicted octanol–water partition coefficient (Wildman–Crippen LogP) is 4.10. The molecule has 10 heteroatoms. The van der Waals surface area contributed by atoms with Gasteiger partial charge in [0, 0.05) is 26.8 Å². The number of sulfonamides is 1. The number of carbonyl (C=O) groups excluding carboxylic acids is 1. The lowest BCUT2D eigenvalue weighted by Crippen LogP contribution is -2.35. The first-order chi connectivity index (χ1) is 14.9. The minimum atomic E-state index is -3.42. The molecule has 0 atom stereocenters. The van der Waals surface area contributed by atoms with E-state index in [0.29, 0.717) is 36.1 Å². The molecule has 4 heterocycles. The van der Waals surface area contributed by atoms with Gasteiger partial charge in [0.2, 0.25) is 0 Å². The van der Waals surface area contributed by atoms with E-state index in [9.17, 15) is 13.2 Å². The highest BCUT2D eigenvalue weighted by atomic mass is 32.2. The Bertz CT molecular complexity index is 1280.